The van der Waals surface area contributed by atoms with Gasteiger partial charge in [-0.25, -0.2) is 0 Å². The molecular weight excluding hydrogens is 208 g/mol. The summed E-state index contributed by atoms with van der Waals surface area (Å²) in [5.41, 5.74) is 0. The van der Waals surface area contributed by atoms with Gasteiger partial charge in [-0.15, -0.1) is 0 Å². The molecular formula is C11H18N2O3. The van der Waals surface area contributed by atoms with E-state index in [4.69, 9.17) is 9.47 Å². The summed E-state index contributed by atoms with van der Waals surface area (Å²) in [5.74, 6) is 0.249. The van der Waals surface area contributed by atoms with E-state index in [1.165, 1.54) is 6.26 Å². The zero-order valence-electron chi connectivity index (χ0n) is 9.57. The van der Waals surface area contributed by atoms with Gasteiger partial charge in [-0.3, -0.25) is 4.79 Å². The molecule has 0 aromatic carbocycles. The first-order chi connectivity index (χ1) is 7.79. The van der Waals surface area contributed by atoms with Gasteiger partial charge >= 0.3 is 0 Å². The van der Waals surface area contributed by atoms with E-state index < -0.39 is 0 Å². The lowest BCUT2D eigenvalue weighted by atomic mass is 10.1. The first kappa shape index (κ1) is 11.3. The molecule has 5 heteroatoms. The fourth-order valence-electron chi connectivity index (χ4n) is 2.01. The number of carbonyl (C=O) groups is 1. The maximum atomic E-state index is 12.0. The average Bonchev–Trinajstić information content (AvgIpc) is 2.39. The Morgan fingerprint density at radius 1 is 1.44 bits per heavy atom. The number of hydrogen-bond donors (Lipinski definition) is 1. The maximum absolute atomic E-state index is 12.0. The summed E-state index contributed by atoms with van der Waals surface area (Å²) in [4.78, 5) is 13.8. The Morgan fingerprint density at radius 2 is 2.19 bits per heavy atom. The van der Waals surface area contributed by atoms with Gasteiger partial charge in [-0.1, -0.05) is 0 Å². The van der Waals surface area contributed by atoms with Crippen LogP contribution in [0.1, 0.15) is 12.8 Å². The minimum absolute atomic E-state index is 0.0772. The molecule has 0 aliphatic carbocycles. The Bertz CT molecular complexity index is 285. The van der Waals surface area contributed by atoms with Gasteiger partial charge in [0.25, 0.3) is 5.91 Å². The molecule has 90 valence electrons. The van der Waals surface area contributed by atoms with Crippen LogP contribution in [0, 0.1) is 0 Å². The summed E-state index contributed by atoms with van der Waals surface area (Å²) in [6.07, 6.45) is 3.41. The van der Waals surface area contributed by atoms with Gasteiger partial charge in [0.05, 0.1) is 0 Å². The highest BCUT2D eigenvalue weighted by molar-refractivity contribution is 5.91. The molecule has 1 fully saturated rings. The van der Waals surface area contributed by atoms with E-state index in [0.29, 0.717) is 25.0 Å². The van der Waals surface area contributed by atoms with Gasteiger partial charge in [-0.2, -0.15) is 0 Å². The third kappa shape index (κ3) is 2.47. The van der Waals surface area contributed by atoms with Gasteiger partial charge in [0.1, 0.15) is 19.5 Å². The topological polar surface area (TPSA) is 50.8 Å². The molecule has 1 N–H and O–H groups in total. The quantitative estimate of drug-likeness (QED) is 0.724. The van der Waals surface area contributed by atoms with E-state index in [9.17, 15) is 4.79 Å². The molecule has 2 aliphatic rings. The predicted molar refractivity (Wildman–Crippen MR) is 58.6 cm³/mol. The average molecular weight is 226 g/mol. The predicted octanol–water partition coefficient (Wildman–Crippen LogP) is 0.0850. The second-order valence-electron chi connectivity index (χ2n) is 4.10. The van der Waals surface area contributed by atoms with Crippen LogP contribution in [-0.2, 0) is 14.3 Å². The normalized spacial score (nSPS) is 21.7. The summed E-state index contributed by atoms with van der Waals surface area (Å²) in [6, 6.07) is 0.306. The number of carbonyl (C=O) groups excluding carboxylic acids is 1. The number of piperidine rings is 1. The number of nitrogens with one attached hydrogen (secondary N) is 1. The lowest BCUT2D eigenvalue weighted by Gasteiger charge is -2.32. The third-order valence-corrected chi connectivity index (χ3v) is 3.04. The summed E-state index contributed by atoms with van der Waals surface area (Å²) in [6.45, 7) is 2.92. The molecule has 2 aliphatic heterocycles. The van der Waals surface area contributed by atoms with Gasteiger partial charge in [-0.05, 0) is 25.9 Å². The molecule has 1 saturated heterocycles. The SMILES string of the molecule is CN(C(=O)C1=COCCO1)C1CCNCC1. The van der Waals surface area contributed by atoms with Crippen LogP contribution in [0.4, 0.5) is 0 Å². The van der Waals surface area contributed by atoms with Crippen molar-refractivity contribution in [2.45, 2.75) is 18.9 Å². The number of rotatable bonds is 2. The molecule has 0 atom stereocenters. The van der Waals surface area contributed by atoms with E-state index in [-0.39, 0.29) is 5.91 Å². The summed E-state index contributed by atoms with van der Waals surface area (Å²) in [5, 5.41) is 3.28. The smallest absolute Gasteiger partial charge is 0.292 e. The van der Waals surface area contributed by atoms with Crippen molar-refractivity contribution in [2.24, 2.45) is 0 Å². The fourth-order valence-corrected chi connectivity index (χ4v) is 2.01. The second kappa shape index (κ2) is 5.21. The molecule has 0 radical (unpaired) electrons. The van der Waals surface area contributed by atoms with Crippen LogP contribution in [-0.4, -0.2) is 50.2 Å². The van der Waals surface area contributed by atoms with Crippen molar-refractivity contribution >= 4 is 5.91 Å². The molecule has 2 rings (SSSR count). The zero-order valence-corrected chi connectivity index (χ0v) is 9.57. The largest absolute Gasteiger partial charge is 0.494 e. The van der Waals surface area contributed by atoms with E-state index in [1.807, 2.05) is 7.05 Å². The van der Waals surface area contributed by atoms with Crippen molar-refractivity contribution in [1.82, 2.24) is 10.2 Å². The molecule has 0 aromatic rings. The Hall–Kier alpha value is -1.23. The van der Waals surface area contributed by atoms with Gasteiger partial charge in [0, 0.05) is 13.1 Å². The molecule has 1 amide bonds. The monoisotopic (exact) mass is 226 g/mol. The van der Waals surface area contributed by atoms with Gasteiger partial charge in [0.2, 0.25) is 5.76 Å². The van der Waals surface area contributed by atoms with Crippen molar-refractivity contribution < 1.29 is 14.3 Å². The summed E-state index contributed by atoms with van der Waals surface area (Å²) in [7, 11) is 1.83. The van der Waals surface area contributed by atoms with Crippen LogP contribution in [0.3, 0.4) is 0 Å². The highest BCUT2D eigenvalue weighted by Crippen LogP contribution is 2.15. The van der Waals surface area contributed by atoms with E-state index in [0.717, 1.165) is 25.9 Å². The Balaban J connectivity index is 1.94. The Labute approximate surface area is 95.4 Å². The molecule has 2 heterocycles. The number of amides is 1. The van der Waals surface area contributed by atoms with Crippen LogP contribution in [0.15, 0.2) is 12.0 Å². The first-order valence-electron chi connectivity index (χ1n) is 5.71. The van der Waals surface area contributed by atoms with Crippen molar-refractivity contribution in [3.63, 3.8) is 0 Å². The number of hydrogen-bond acceptors (Lipinski definition) is 4. The highest BCUT2D eigenvalue weighted by Gasteiger charge is 2.26. The van der Waals surface area contributed by atoms with Crippen LogP contribution >= 0.6 is 0 Å². The van der Waals surface area contributed by atoms with Crippen molar-refractivity contribution in [3.05, 3.63) is 12.0 Å². The van der Waals surface area contributed by atoms with Gasteiger partial charge < -0.3 is 19.7 Å². The second-order valence-corrected chi connectivity index (χ2v) is 4.10. The highest BCUT2D eigenvalue weighted by atomic mass is 16.6. The Morgan fingerprint density at radius 3 is 2.81 bits per heavy atom. The molecule has 0 spiro atoms. The van der Waals surface area contributed by atoms with Crippen molar-refractivity contribution in [2.75, 3.05) is 33.4 Å². The Kier molecular flexibility index (Phi) is 3.66. The zero-order chi connectivity index (χ0) is 11.4. The van der Waals surface area contributed by atoms with Crippen LogP contribution in [0.5, 0.6) is 0 Å². The lowest BCUT2D eigenvalue weighted by molar-refractivity contribution is -0.133. The maximum Gasteiger partial charge on any atom is 0.292 e. The van der Waals surface area contributed by atoms with Crippen molar-refractivity contribution in [3.8, 4) is 0 Å². The number of likely N-dealkylation sites (N-methyl/N-ethyl adjacent to an activating group) is 1. The minimum atomic E-state index is -0.0772. The molecule has 5 nitrogen and oxygen atoms in total. The minimum Gasteiger partial charge on any atom is -0.494 e. The molecule has 0 aromatic heterocycles. The molecule has 0 saturated carbocycles. The van der Waals surface area contributed by atoms with Gasteiger partial charge in [0.15, 0.2) is 0 Å². The van der Waals surface area contributed by atoms with Crippen molar-refractivity contribution in [1.29, 1.82) is 0 Å². The van der Waals surface area contributed by atoms with E-state index >= 15 is 0 Å². The summed E-state index contributed by atoms with van der Waals surface area (Å²) >= 11 is 0. The lowest BCUT2D eigenvalue weighted by Crippen LogP contribution is -2.45. The third-order valence-electron chi connectivity index (χ3n) is 3.04. The standard InChI is InChI=1S/C11H18N2O3/c1-13(9-2-4-12-5-3-9)11(14)10-8-15-6-7-16-10/h8-9,12H,2-7H2,1H3. The van der Waals surface area contributed by atoms with Crippen LogP contribution in [0.25, 0.3) is 0 Å². The fraction of sp³-hybridized carbons (Fsp3) is 0.727. The van der Waals surface area contributed by atoms with E-state index in [1.54, 1.807) is 4.90 Å². The number of ether oxygens (including phenoxy) is 2. The molecule has 0 bridgehead atoms. The summed E-state index contributed by atoms with van der Waals surface area (Å²) < 4.78 is 10.4. The number of nitrogens with zero attached hydrogens (tertiary/aromatic N) is 1. The molecule has 0 unspecified atom stereocenters. The van der Waals surface area contributed by atoms with Crippen LogP contribution < -0.4 is 5.32 Å². The van der Waals surface area contributed by atoms with Crippen LogP contribution in [0.2, 0.25) is 0 Å². The van der Waals surface area contributed by atoms with E-state index in [2.05, 4.69) is 5.32 Å². The first-order valence-corrected chi connectivity index (χ1v) is 5.71. The molecule has 16 heavy (non-hydrogen) atoms.